The molecule has 0 bridgehead atoms. The van der Waals surface area contributed by atoms with Crippen LogP contribution in [0.1, 0.15) is 6.92 Å². The van der Waals surface area contributed by atoms with Gasteiger partial charge in [-0.15, -0.1) is 0 Å². The Labute approximate surface area is 142 Å². The van der Waals surface area contributed by atoms with E-state index in [4.69, 9.17) is 23.2 Å². The van der Waals surface area contributed by atoms with Crippen LogP contribution in [0.4, 0.5) is 16.2 Å². The van der Waals surface area contributed by atoms with Gasteiger partial charge in [0.05, 0.1) is 6.20 Å². The summed E-state index contributed by atoms with van der Waals surface area (Å²) in [6.45, 7) is 2.19. The average molecular weight is 356 g/mol. The number of aryl methyl sites for hydroxylation is 1. The summed E-state index contributed by atoms with van der Waals surface area (Å²) in [6, 6.07) is 6.15. The topological polar surface area (TPSA) is 79.3 Å². The molecule has 0 fully saturated rings. The number of amides is 2. The van der Waals surface area contributed by atoms with Crippen molar-refractivity contribution < 1.29 is 4.79 Å². The number of benzene rings is 1. The van der Waals surface area contributed by atoms with Crippen LogP contribution in [0.5, 0.6) is 0 Å². The molecule has 0 aliphatic rings. The molecule has 0 aliphatic carbocycles. The number of aromatic nitrogens is 2. The molecule has 23 heavy (non-hydrogen) atoms. The molecule has 0 saturated carbocycles. The molecule has 0 aliphatic heterocycles. The van der Waals surface area contributed by atoms with Crippen LogP contribution in [0.3, 0.4) is 0 Å². The molecule has 0 unspecified atom stereocenters. The third-order valence-electron chi connectivity index (χ3n) is 3.00. The van der Waals surface area contributed by atoms with Gasteiger partial charge in [0.25, 0.3) is 5.56 Å². The molecule has 0 saturated heterocycles. The van der Waals surface area contributed by atoms with Gasteiger partial charge in [-0.25, -0.2) is 14.9 Å². The number of hydrazine groups is 1. The van der Waals surface area contributed by atoms with Gasteiger partial charge in [-0.05, 0) is 31.2 Å². The summed E-state index contributed by atoms with van der Waals surface area (Å²) in [5.41, 5.74) is 3.00. The van der Waals surface area contributed by atoms with E-state index >= 15 is 0 Å². The normalized spacial score (nSPS) is 10.3. The van der Waals surface area contributed by atoms with Crippen LogP contribution in [0, 0.1) is 0 Å². The van der Waals surface area contributed by atoms with E-state index in [1.807, 2.05) is 0 Å². The zero-order valence-corrected chi connectivity index (χ0v) is 14.0. The lowest BCUT2D eigenvalue weighted by atomic mass is 10.3. The van der Waals surface area contributed by atoms with Crippen molar-refractivity contribution in [3.05, 3.63) is 50.9 Å². The van der Waals surface area contributed by atoms with Crippen molar-refractivity contribution in [3.63, 3.8) is 0 Å². The number of carbonyl (C=O) groups is 1. The zero-order valence-electron chi connectivity index (χ0n) is 12.5. The van der Waals surface area contributed by atoms with Crippen molar-refractivity contribution in [3.8, 4) is 0 Å². The molecule has 2 N–H and O–H groups in total. The number of carbonyl (C=O) groups excluding carboxylic acids is 1. The van der Waals surface area contributed by atoms with Crippen LogP contribution in [0.25, 0.3) is 0 Å². The molecule has 0 spiro atoms. The smallest absolute Gasteiger partial charge is 0.307 e. The molecule has 0 radical (unpaired) electrons. The Kier molecular flexibility index (Phi) is 5.46. The molecule has 2 rings (SSSR count). The molecule has 1 aromatic heterocycles. The molecule has 2 aromatic rings. The standard InChI is InChI=1S/C14H15Cl2N5O2/c1-3-21-13(22)12(16)11(8-17-21)20(2)19-14(23)18-10-6-4-9(15)5-7-10/h4-8H,3H2,1-2H3,(H2,18,19,23). The van der Waals surface area contributed by atoms with Gasteiger partial charge in [0.1, 0.15) is 10.7 Å². The summed E-state index contributed by atoms with van der Waals surface area (Å²) in [4.78, 5) is 23.9. The second-order valence-corrected chi connectivity index (χ2v) is 5.41. The van der Waals surface area contributed by atoms with Crippen molar-refractivity contribution in [2.75, 3.05) is 17.4 Å². The van der Waals surface area contributed by atoms with Gasteiger partial charge in [-0.1, -0.05) is 23.2 Å². The number of nitrogens with one attached hydrogen (secondary N) is 2. The molecule has 122 valence electrons. The highest BCUT2D eigenvalue weighted by molar-refractivity contribution is 6.33. The lowest BCUT2D eigenvalue weighted by Crippen LogP contribution is -2.43. The third kappa shape index (κ3) is 4.14. The minimum atomic E-state index is -0.495. The monoisotopic (exact) mass is 355 g/mol. The van der Waals surface area contributed by atoms with Gasteiger partial charge >= 0.3 is 6.03 Å². The van der Waals surface area contributed by atoms with E-state index in [2.05, 4.69) is 15.8 Å². The van der Waals surface area contributed by atoms with Gasteiger partial charge in [-0.3, -0.25) is 9.80 Å². The molecule has 2 amide bonds. The molecule has 7 nitrogen and oxygen atoms in total. The Bertz CT molecular complexity index is 761. The SMILES string of the molecule is CCn1ncc(N(C)NC(=O)Nc2ccc(Cl)cc2)c(Cl)c1=O. The fourth-order valence-electron chi connectivity index (χ4n) is 1.82. The van der Waals surface area contributed by atoms with E-state index in [9.17, 15) is 9.59 Å². The van der Waals surface area contributed by atoms with Crippen LogP contribution >= 0.6 is 23.2 Å². The van der Waals surface area contributed by atoms with Crippen LogP contribution < -0.4 is 21.3 Å². The second-order valence-electron chi connectivity index (χ2n) is 4.60. The number of rotatable bonds is 4. The summed E-state index contributed by atoms with van der Waals surface area (Å²) >= 11 is 11.8. The Morgan fingerprint density at radius 3 is 2.57 bits per heavy atom. The number of nitrogens with zero attached hydrogens (tertiary/aromatic N) is 3. The number of hydrogen-bond acceptors (Lipinski definition) is 4. The minimum Gasteiger partial charge on any atom is -0.307 e. The number of anilines is 2. The van der Waals surface area contributed by atoms with E-state index in [0.717, 1.165) is 0 Å². The number of hydrogen-bond donors (Lipinski definition) is 2. The Morgan fingerprint density at radius 2 is 1.96 bits per heavy atom. The number of halogens is 2. The molecule has 9 heteroatoms. The molecule has 0 atom stereocenters. The highest BCUT2D eigenvalue weighted by Gasteiger charge is 2.14. The van der Waals surface area contributed by atoms with Gasteiger partial charge in [0.2, 0.25) is 0 Å². The van der Waals surface area contributed by atoms with Crippen molar-refractivity contribution in [2.24, 2.45) is 0 Å². The van der Waals surface area contributed by atoms with E-state index in [1.54, 1.807) is 38.2 Å². The number of urea groups is 1. The second kappa shape index (κ2) is 7.34. The molecule has 1 heterocycles. The van der Waals surface area contributed by atoms with E-state index in [-0.39, 0.29) is 5.02 Å². The predicted octanol–water partition coefficient (Wildman–Crippen LogP) is 2.74. The third-order valence-corrected chi connectivity index (χ3v) is 3.61. The quantitative estimate of drug-likeness (QED) is 0.826. The van der Waals surface area contributed by atoms with Crippen LogP contribution in [-0.4, -0.2) is 22.9 Å². The lowest BCUT2D eigenvalue weighted by molar-refractivity contribution is 0.251. The maximum atomic E-state index is 12.0. The van der Waals surface area contributed by atoms with Gasteiger partial charge in [-0.2, -0.15) is 5.10 Å². The lowest BCUT2D eigenvalue weighted by Gasteiger charge is -2.21. The maximum absolute atomic E-state index is 12.0. The fraction of sp³-hybridized carbons (Fsp3) is 0.214. The Morgan fingerprint density at radius 1 is 1.30 bits per heavy atom. The Balaban J connectivity index is 2.08. The molecular weight excluding hydrogens is 341 g/mol. The molecular formula is C14H15Cl2N5O2. The van der Waals surface area contributed by atoms with Gasteiger partial charge in [0.15, 0.2) is 0 Å². The zero-order chi connectivity index (χ0) is 17.0. The highest BCUT2D eigenvalue weighted by atomic mass is 35.5. The summed E-state index contributed by atoms with van der Waals surface area (Å²) in [6.07, 6.45) is 1.41. The highest BCUT2D eigenvalue weighted by Crippen LogP contribution is 2.18. The van der Waals surface area contributed by atoms with E-state index < -0.39 is 11.6 Å². The van der Waals surface area contributed by atoms with Crippen LogP contribution in [-0.2, 0) is 6.54 Å². The first-order chi connectivity index (χ1) is 10.9. The summed E-state index contributed by atoms with van der Waals surface area (Å²) in [5, 5.41) is 8.48. The van der Waals surface area contributed by atoms with Crippen molar-refractivity contribution in [2.45, 2.75) is 13.5 Å². The van der Waals surface area contributed by atoms with E-state index in [0.29, 0.717) is 22.9 Å². The Hall–Kier alpha value is -2.25. The average Bonchev–Trinajstić information content (AvgIpc) is 2.52. The predicted molar refractivity (Wildman–Crippen MR) is 91.2 cm³/mol. The fourth-order valence-corrected chi connectivity index (χ4v) is 2.22. The summed E-state index contributed by atoms with van der Waals surface area (Å²) in [5.74, 6) is 0. The summed E-state index contributed by atoms with van der Waals surface area (Å²) < 4.78 is 1.23. The van der Waals surface area contributed by atoms with Crippen molar-refractivity contribution in [1.82, 2.24) is 15.2 Å². The maximum Gasteiger partial charge on any atom is 0.338 e. The minimum absolute atomic E-state index is 0.0175. The first-order valence-corrected chi connectivity index (χ1v) is 7.50. The first kappa shape index (κ1) is 17.1. The van der Waals surface area contributed by atoms with Gasteiger partial charge < -0.3 is 5.32 Å². The first-order valence-electron chi connectivity index (χ1n) is 6.75. The van der Waals surface area contributed by atoms with E-state index in [1.165, 1.54) is 15.9 Å². The largest absolute Gasteiger partial charge is 0.338 e. The van der Waals surface area contributed by atoms with Gasteiger partial charge in [0, 0.05) is 24.3 Å². The van der Waals surface area contributed by atoms with Crippen LogP contribution in [0.2, 0.25) is 10.0 Å². The van der Waals surface area contributed by atoms with Crippen LogP contribution in [0.15, 0.2) is 35.3 Å². The van der Waals surface area contributed by atoms with Crippen molar-refractivity contribution >= 4 is 40.6 Å². The molecule has 1 aromatic carbocycles. The summed E-state index contributed by atoms with van der Waals surface area (Å²) in [7, 11) is 1.56. The van der Waals surface area contributed by atoms with Crippen molar-refractivity contribution in [1.29, 1.82) is 0 Å².